The third-order valence-electron chi connectivity index (χ3n) is 4.31. The lowest BCUT2D eigenvalue weighted by Crippen LogP contribution is -2.23. The number of anilines is 1. The van der Waals surface area contributed by atoms with Gasteiger partial charge in [-0.25, -0.2) is 9.79 Å². The third-order valence-corrected chi connectivity index (χ3v) is 5.37. The molecule has 2 aromatic carbocycles. The van der Waals surface area contributed by atoms with E-state index in [1.807, 2.05) is 49.3 Å². The molecule has 0 saturated carbocycles. The molecule has 1 saturated heterocycles. The number of aliphatic imine (C=N–C) groups is 1. The molecule has 1 amide bonds. The number of hydrogen-bond acceptors (Lipinski definition) is 6. The van der Waals surface area contributed by atoms with Gasteiger partial charge < -0.3 is 9.64 Å². The number of rotatable bonds is 5. The Balaban J connectivity index is 1.78. The van der Waals surface area contributed by atoms with E-state index in [4.69, 9.17) is 4.74 Å². The van der Waals surface area contributed by atoms with Crippen LogP contribution in [0.25, 0.3) is 6.08 Å². The van der Waals surface area contributed by atoms with E-state index < -0.39 is 0 Å². The van der Waals surface area contributed by atoms with Gasteiger partial charge in [-0.2, -0.15) is 0 Å². The molecule has 0 aliphatic carbocycles. The number of ether oxygens (including phenoxy) is 1. The monoisotopic (exact) mass is 409 g/mol. The fraction of sp³-hybridized carbons (Fsp3) is 0.227. The second kappa shape index (κ2) is 8.96. The summed E-state index contributed by atoms with van der Waals surface area (Å²) >= 11 is 1.33. The molecule has 0 N–H and O–H groups in total. The number of benzene rings is 2. The highest BCUT2D eigenvalue weighted by Gasteiger charge is 2.30. The molecular weight excluding hydrogens is 386 g/mol. The average Bonchev–Trinajstić information content (AvgIpc) is 2.97. The van der Waals surface area contributed by atoms with Crippen LogP contribution in [0.15, 0.2) is 58.4 Å². The number of nitrogens with zero attached hydrogens (tertiary/aromatic N) is 3. The molecular formula is C22H23N3O3S. The van der Waals surface area contributed by atoms with Crippen molar-refractivity contribution in [3.8, 4) is 0 Å². The molecule has 6 nitrogen and oxygen atoms in total. The van der Waals surface area contributed by atoms with Crippen LogP contribution in [0.3, 0.4) is 0 Å². The van der Waals surface area contributed by atoms with Gasteiger partial charge in [-0.15, -0.1) is 0 Å². The number of amides is 1. The standard InChI is InChI=1S/C22H23N3O3S/c1-5-28-21(27)16-8-10-17(11-9-16)23-22-25(4)20(26)19(29-22)14-15-6-12-18(13-7-15)24(2)3/h6-14H,5H2,1-4H3/b19-14+,23-22?. The van der Waals surface area contributed by atoms with Gasteiger partial charge in [0.1, 0.15) is 0 Å². The second-order valence-corrected chi connectivity index (χ2v) is 7.63. The maximum atomic E-state index is 12.6. The van der Waals surface area contributed by atoms with Crippen molar-refractivity contribution in [1.82, 2.24) is 4.90 Å². The summed E-state index contributed by atoms with van der Waals surface area (Å²) in [5.41, 5.74) is 3.20. The summed E-state index contributed by atoms with van der Waals surface area (Å²) in [6.07, 6.45) is 1.87. The number of carbonyl (C=O) groups is 2. The molecule has 29 heavy (non-hydrogen) atoms. The minimum Gasteiger partial charge on any atom is -0.462 e. The number of thioether (sulfide) groups is 1. The number of likely N-dealkylation sites (N-methyl/N-ethyl adjacent to an activating group) is 1. The molecule has 0 spiro atoms. The van der Waals surface area contributed by atoms with Crippen LogP contribution in [0, 0.1) is 0 Å². The zero-order chi connectivity index (χ0) is 21.0. The molecule has 0 bridgehead atoms. The van der Waals surface area contributed by atoms with Crippen LogP contribution in [-0.4, -0.2) is 49.7 Å². The highest BCUT2D eigenvalue weighted by molar-refractivity contribution is 8.18. The van der Waals surface area contributed by atoms with E-state index in [9.17, 15) is 9.59 Å². The molecule has 1 fully saturated rings. The highest BCUT2D eigenvalue weighted by Crippen LogP contribution is 2.33. The summed E-state index contributed by atoms with van der Waals surface area (Å²) in [5.74, 6) is -0.451. The molecule has 3 rings (SSSR count). The molecule has 1 aliphatic rings. The Hall–Kier alpha value is -3.06. The van der Waals surface area contributed by atoms with Crippen molar-refractivity contribution in [2.24, 2.45) is 4.99 Å². The molecule has 0 radical (unpaired) electrons. The normalized spacial score (nSPS) is 16.6. The fourth-order valence-electron chi connectivity index (χ4n) is 2.67. The lowest BCUT2D eigenvalue weighted by atomic mass is 10.2. The molecule has 0 aromatic heterocycles. The van der Waals surface area contributed by atoms with Gasteiger partial charge in [0, 0.05) is 26.8 Å². The first-order valence-electron chi connectivity index (χ1n) is 9.20. The Morgan fingerprint density at radius 1 is 1.14 bits per heavy atom. The van der Waals surface area contributed by atoms with E-state index in [-0.39, 0.29) is 11.9 Å². The number of amidine groups is 1. The third kappa shape index (κ3) is 4.86. The van der Waals surface area contributed by atoms with Gasteiger partial charge in [-0.1, -0.05) is 12.1 Å². The van der Waals surface area contributed by atoms with E-state index in [1.54, 1.807) is 38.2 Å². The van der Waals surface area contributed by atoms with Gasteiger partial charge in [-0.3, -0.25) is 9.69 Å². The predicted octanol–water partition coefficient (Wildman–Crippen LogP) is 4.16. The van der Waals surface area contributed by atoms with Crippen LogP contribution in [0.1, 0.15) is 22.8 Å². The summed E-state index contributed by atoms with van der Waals surface area (Å²) < 4.78 is 4.98. The maximum absolute atomic E-state index is 12.6. The first-order valence-corrected chi connectivity index (χ1v) is 10.0. The van der Waals surface area contributed by atoms with E-state index in [0.717, 1.165) is 11.3 Å². The highest BCUT2D eigenvalue weighted by atomic mass is 32.2. The topological polar surface area (TPSA) is 62.2 Å². The molecule has 1 aliphatic heterocycles. The summed E-state index contributed by atoms with van der Waals surface area (Å²) in [6.45, 7) is 2.10. The Morgan fingerprint density at radius 2 is 1.79 bits per heavy atom. The first kappa shape index (κ1) is 20.7. The largest absolute Gasteiger partial charge is 0.462 e. The molecule has 7 heteroatoms. The van der Waals surface area contributed by atoms with Crippen LogP contribution >= 0.6 is 11.8 Å². The van der Waals surface area contributed by atoms with Crippen molar-refractivity contribution in [1.29, 1.82) is 0 Å². The molecule has 1 heterocycles. The van der Waals surface area contributed by atoms with E-state index in [1.165, 1.54) is 16.7 Å². The summed E-state index contributed by atoms with van der Waals surface area (Å²) in [7, 11) is 5.68. The lowest BCUT2D eigenvalue weighted by Gasteiger charge is -2.11. The van der Waals surface area contributed by atoms with Crippen LogP contribution in [0.4, 0.5) is 11.4 Å². The Kier molecular flexibility index (Phi) is 6.39. The number of hydrogen-bond donors (Lipinski definition) is 0. The van der Waals surface area contributed by atoms with Crippen molar-refractivity contribution >= 4 is 46.3 Å². The van der Waals surface area contributed by atoms with Gasteiger partial charge in [-0.05, 0) is 66.7 Å². The molecule has 0 unspecified atom stereocenters. The summed E-state index contributed by atoms with van der Waals surface area (Å²) in [4.78, 5) is 33.1. The average molecular weight is 410 g/mol. The smallest absolute Gasteiger partial charge is 0.338 e. The minimum atomic E-state index is -0.361. The molecule has 0 atom stereocenters. The van der Waals surface area contributed by atoms with Crippen LogP contribution in [0.5, 0.6) is 0 Å². The van der Waals surface area contributed by atoms with E-state index in [0.29, 0.717) is 27.9 Å². The Bertz CT molecular complexity index is 964. The quantitative estimate of drug-likeness (QED) is 0.548. The number of carbonyl (C=O) groups excluding carboxylic acids is 2. The Morgan fingerprint density at radius 3 is 2.38 bits per heavy atom. The summed E-state index contributed by atoms with van der Waals surface area (Å²) in [5, 5.41) is 0.593. The lowest BCUT2D eigenvalue weighted by molar-refractivity contribution is -0.121. The van der Waals surface area contributed by atoms with Crippen LogP contribution in [-0.2, 0) is 9.53 Å². The van der Waals surface area contributed by atoms with Crippen molar-refractivity contribution in [2.45, 2.75) is 6.92 Å². The van der Waals surface area contributed by atoms with Gasteiger partial charge in [0.2, 0.25) is 0 Å². The van der Waals surface area contributed by atoms with Gasteiger partial charge in [0.25, 0.3) is 5.91 Å². The molecule has 2 aromatic rings. The molecule has 150 valence electrons. The van der Waals surface area contributed by atoms with Crippen LogP contribution in [0.2, 0.25) is 0 Å². The van der Waals surface area contributed by atoms with Crippen molar-refractivity contribution in [3.63, 3.8) is 0 Å². The number of esters is 1. The summed E-state index contributed by atoms with van der Waals surface area (Å²) in [6, 6.07) is 14.8. The van der Waals surface area contributed by atoms with Gasteiger partial charge in [0.05, 0.1) is 22.8 Å². The first-order chi connectivity index (χ1) is 13.9. The SMILES string of the molecule is CCOC(=O)c1ccc(N=C2S/C(=C/c3ccc(N(C)C)cc3)C(=O)N2C)cc1. The fourth-order valence-corrected chi connectivity index (χ4v) is 3.66. The zero-order valence-electron chi connectivity index (χ0n) is 16.9. The van der Waals surface area contributed by atoms with Gasteiger partial charge in [0.15, 0.2) is 5.17 Å². The second-order valence-electron chi connectivity index (χ2n) is 6.62. The van der Waals surface area contributed by atoms with Crippen molar-refractivity contribution in [3.05, 3.63) is 64.6 Å². The Labute approximate surface area is 174 Å². The van der Waals surface area contributed by atoms with Crippen molar-refractivity contribution < 1.29 is 14.3 Å². The van der Waals surface area contributed by atoms with E-state index in [2.05, 4.69) is 4.99 Å². The maximum Gasteiger partial charge on any atom is 0.338 e. The minimum absolute atomic E-state index is 0.0893. The zero-order valence-corrected chi connectivity index (χ0v) is 17.7. The van der Waals surface area contributed by atoms with Gasteiger partial charge >= 0.3 is 5.97 Å². The van der Waals surface area contributed by atoms with Crippen molar-refractivity contribution in [2.75, 3.05) is 32.6 Å². The van der Waals surface area contributed by atoms with Crippen LogP contribution < -0.4 is 4.90 Å². The predicted molar refractivity (Wildman–Crippen MR) is 119 cm³/mol. The van der Waals surface area contributed by atoms with E-state index >= 15 is 0 Å².